The van der Waals surface area contributed by atoms with Gasteiger partial charge in [0.15, 0.2) is 0 Å². The third-order valence-corrected chi connectivity index (χ3v) is 4.15. The first-order valence-corrected chi connectivity index (χ1v) is 6.71. The van der Waals surface area contributed by atoms with E-state index in [9.17, 15) is 4.79 Å². The predicted molar refractivity (Wildman–Crippen MR) is 71.4 cm³/mol. The molecule has 3 rings (SSSR count). The van der Waals surface area contributed by atoms with Crippen molar-refractivity contribution < 1.29 is 14.3 Å². The quantitative estimate of drug-likeness (QED) is 0.755. The highest BCUT2D eigenvalue weighted by molar-refractivity contribution is 5.74. The molecule has 4 heteroatoms. The Hall–Kier alpha value is -1.55. The van der Waals surface area contributed by atoms with Crippen molar-refractivity contribution in [1.29, 1.82) is 0 Å². The average molecular weight is 261 g/mol. The summed E-state index contributed by atoms with van der Waals surface area (Å²) < 4.78 is 10.5. The van der Waals surface area contributed by atoms with Gasteiger partial charge < -0.3 is 14.4 Å². The summed E-state index contributed by atoms with van der Waals surface area (Å²) in [6.07, 6.45) is 0.967. The number of methoxy groups -OCH3 is 1. The van der Waals surface area contributed by atoms with Crippen LogP contribution in [-0.4, -0.2) is 44.7 Å². The van der Waals surface area contributed by atoms with Crippen molar-refractivity contribution >= 4 is 5.97 Å². The molecule has 102 valence electrons. The summed E-state index contributed by atoms with van der Waals surface area (Å²) in [6.45, 7) is 2.44. The lowest BCUT2D eigenvalue weighted by molar-refractivity contribution is -0.145. The molecule has 0 aliphatic carbocycles. The van der Waals surface area contributed by atoms with Crippen LogP contribution < -0.4 is 4.74 Å². The molecular formula is C15H19NO3. The highest BCUT2D eigenvalue weighted by Gasteiger charge is 2.38. The molecule has 2 atom stereocenters. The van der Waals surface area contributed by atoms with Gasteiger partial charge in [-0.2, -0.15) is 0 Å². The summed E-state index contributed by atoms with van der Waals surface area (Å²) in [4.78, 5) is 14.1. The van der Waals surface area contributed by atoms with E-state index in [-0.39, 0.29) is 17.8 Å². The maximum Gasteiger partial charge on any atom is 0.310 e. The van der Waals surface area contributed by atoms with Crippen LogP contribution in [0.1, 0.15) is 17.0 Å². The molecule has 0 N–H and O–H groups in total. The van der Waals surface area contributed by atoms with E-state index in [4.69, 9.17) is 9.47 Å². The fraction of sp³-hybridized carbons (Fsp3) is 0.533. The van der Waals surface area contributed by atoms with E-state index in [1.165, 1.54) is 18.2 Å². The Balaban J connectivity index is 1.89. The molecule has 0 amide bonds. The van der Waals surface area contributed by atoms with Crippen molar-refractivity contribution in [2.45, 2.75) is 12.3 Å². The number of likely N-dealkylation sites (N-methyl/N-ethyl adjacent to an activating group) is 1. The molecule has 0 spiro atoms. The lowest BCUT2D eigenvalue weighted by atomic mass is 9.88. The minimum absolute atomic E-state index is 0.0598. The molecule has 1 fully saturated rings. The van der Waals surface area contributed by atoms with Crippen LogP contribution in [0.25, 0.3) is 0 Å². The van der Waals surface area contributed by atoms with Crippen LogP contribution in [-0.2, 0) is 16.0 Å². The molecule has 0 aromatic heterocycles. The zero-order valence-corrected chi connectivity index (χ0v) is 11.4. The van der Waals surface area contributed by atoms with E-state index >= 15 is 0 Å². The molecule has 0 radical (unpaired) electrons. The number of ether oxygens (including phenoxy) is 2. The normalized spacial score (nSPS) is 26.0. The van der Waals surface area contributed by atoms with Gasteiger partial charge in [-0.1, -0.05) is 12.1 Å². The molecule has 2 aliphatic rings. The number of rotatable bonds is 2. The Morgan fingerprint density at radius 2 is 2.26 bits per heavy atom. The number of likely N-dealkylation sites (tertiary alicyclic amines) is 1. The summed E-state index contributed by atoms with van der Waals surface area (Å²) in [6, 6.07) is 6.32. The number of nitrogens with zero attached hydrogens (tertiary/aromatic N) is 1. The Labute approximate surface area is 113 Å². The van der Waals surface area contributed by atoms with Gasteiger partial charge in [-0.3, -0.25) is 4.79 Å². The predicted octanol–water partition coefficient (Wildman–Crippen LogP) is 1.44. The third-order valence-electron chi connectivity index (χ3n) is 4.15. The van der Waals surface area contributed by atoms with Gasteiger partial charge in [-0.05, 0) is 24.2 Å². The number of hydrogen-bond donors (Lipinski definition) is 0. The second kappa shape index (κ2) is 4.85. The molecular weight excluding hydrogens is 242 g/mol. The van der Waals surface area contributed by atoms with E-state index in [1.54, 1.807) is 0 Å². The molecule has 19 heavy (non-hydrogen) atoms. The van der Waals surface area contributed by atoms with Gasteiger partial charge in [-0.25, -0.2) is 0 Å². The topological polar surface area (TPSA) is 38.8 Å². The van der Waals surface area contributed by atoms with Crippen LogP contribution >= 0.6 is 0 Å². The first-order valence-electron chi connectivity index (χ1n) is 6.71. The Kier molecular flexibility index (Phi) is 3.19. The molecule has 4 nitrogen and oxygen atoms in total. The Morgan fingerprint density at radius 3 is 3.05 bits per heavy atom. The molecule has 0 saturated carbocycles. The molecule has 1 saturated heterocycles. The van der Waals surface area contributed by atoms with Gasteiger partial charge >= 0.3 is 5.97 Å². The monoisotopic (exact) mass is 261 g/mol. The van der Waals surface area contributed by atoms with Crippen LogP contribution in [0.4, 0.5) is 0 Å². The van der Waals surface area contributed by atoms with Crippen molar-refractivity contribution in [1.82, 2.24) is 4.90 Å². The molecule has 2 heterocycles. The summed E-state index contributed by atoms with van der Waals surface area (Å²) >= 11 is 0. The number of hydrogen-bond acceptors (Lipinski definition) is 4. The van der Waals surface area contributed by atoms with Crippen molar-refractivity contribution in [3.05, 3.63) is 29.3 Å². The van der Waals surface area contributed by atoms with E-state index < -0.39 is 0 Å². The molecule has 2 aliphatic heterocycles. The van der Waals surface area contributed by atoms with Crippen LogP contribution in [0, 0.1) is 5.92 Å². The number of carbonyl (C=O) groups is 1. The third kappa shape index (κ3) is 2.21. The molecule has 2 unspecified atom stereocenters. The number of esters is 1. The van der Waals surface area contributed by atoms with Crippen molar-refractivity contribution in [3.8, 4) is 5.75 Å². The van der Waals surface area contributed by atoms with Crippen LogP contribution in [0.2, 0.25) is 0 Å². The van der Waals surface area contributed by atoms with Gasteiger partial charge in [0.25, 0.3) is 0 Å². The highest BCUT2D eigenvalue weighted by Crippen LogP contribution is 2.36. The maximum atomic E-state index is 11.9. The average Bonchev–Trinajstić information content (AvgIpc) is 3.02. The summed E-state index contributed by atoms with van der Waals surface area (Å²) in [5.74, 6) is 1.05. The number of fused-ring (bicyclic) bond motifs is 1. The minimum atomic E-state index is -0.105. The maximum absolute atomic E-state index is 11.9. The van der Waals surface area contributed by atoms with E-state index in [0.29, 0.717) is 0 Å². The first kappa shape index (κ1) is 12.5. The van der Waals surface area contributed by atoms with Gasteiger partial charge in [-0.15, -0.1) is 0 Å². The second-order valence-corrected chi connectivity index (χ2v) is 5.42. The minimum Gasteiger partial charge on any atom is -0.493 e. The zero-order chi connectivity index (χ0) is 13.4. The number of carbonyl (C=O) groups excluding carboxylic acids is 1. The second-order valence-electron chi connectivity index (χ2n) is 5.42. The van der Waals surface area contributed by atoms with Crippen molar-refractivity contribution in [3.63, 3.8) is 0 Å². The van der Waals surface area contributed by atoms with E-state index in [0.717, 1.165) is 31.9 Å². The fourth-order valence-corrected chi connectivity index (χ4v) is 3.17. The molecule has 1 aromatic rings. The van der Waals surface area contributed by atoms with E-state index in [2.05, 4.69) is 17.0 Å². The standard InChI is InChI=1S/C15H19NO3/c1-16-8-12(13(9-16)15(17)18-2)10-3-4-14-11(7-10)5-6-19-14/h3-4,7,12-13H,5-6,8-9H2,1-2H3. The van der Waals surface area contributed by atoms with Crippen LogP contribution in [0.3, 0.4) is 0 Å². The summed E-state index contributed by atoms with van der Waals surface area (Å²) in [7, 11) is 3.51. The van der Waals surface area contributed by atoms with Gasteiger partial charge in [0.05, 0.1) is 19.6 Å². The summed E-state index contributed by atoms with van der Waals surface area (Å²) in [5.41, 5.74) is 2.49. The SMILES string of the molecule is COC(=O)C1CN(C)CC1c1ccc2c(c1)CCO2. The van der Waals surface area contributed by atoms with Crippen LogP contribution in [0.5, 0.6) is 5.75 Å². The molecule has 1 aromatic carbocycles. The van der Waals surface area contributed by atoms with Gasteiger partial charge in [0, 0.05) is 25.4 Å². The van der Waals surface area contributed by atoms with Crippen LogP contribution in [0.15, 0.2) is 18.2 Å². The fourth-order valence-electron chi connectivity index (χ4n) is 3.17. The molecule has 0 bridgehead atoms. The van der Waals surface area contributed by atoms with Crippen molar-refractivity contribution in [2.75, 3.05) is 33.9 Å². The largest absolute Gasteiger partial charge is 0.493 e. The van der Waals surface area contributed by atoms with Crippen molar-refractivity contribution in [2.24, 2.45) is 5.92 Å². The smallest absolute Gasteiger partial charge is 0.310 e. The Bertz CT molecular complexity index is 500. The number of benzene rings is 1. The zero-order valence-electron chi connectivity index (χ0n) is 11.4. The van der Waals surface area contributed by atoms with Gasteiger partial charge in [0.2, 0.25) is 0 Å². The highest BCUT2D eigenvalue weighted by atomic mass is 16.5. The van der Waals surface area contributed by atoms with Gasteiger partial charge in [0.1, 0.15) is 5.75 Å². The Morgan fingerprint density at radius 1 is 1.42 bits per heavy atom. The lowest BCUT2D eigenvalue weighted by Crippen LogP contribution is -2.23. The summed E-state index contributed by atoms with van der Waals surface area (Å²) in [5, 5.41) is 0. The lowest BCUT2D eigenvalue weighted by Gasteiger charge is -2.17. The first-order chi connectivity index (χ1) is 9.19. The van der Waals surface area contributed by atoms with E-state index in [1.807, 2.05) is 13.1 Å².